The van der Waals surface area contributed by atoms with Crippen LogP contribution in [0.15, 0.2) is 30.5 Å². The van der Waals surface area contributed by atoms with Crippen LogP contribution in [0.25, 0.3) is 11.0 Å². The summed E-state index contributed by atoms with van der Waals surface area (Å²) in [7, 11) is 1.74. The predicted molar refractivity (Wildman–Crippen MR) is 155 cm³/mol. The van der Waals surface area contributed by atoms with Gasteiger partial charge >= 0.3 is 0 Å². The first-order valence-electron chi connectivity index (χ1n) is 14.0. The summed E-state index contributed by atoms with van der Waals surface area (Å²) in [6.45, 7) is 11.3. The molecule has 1 aliphatic heterocycles. The highest BCUT2D eigenvalue weighted by atomic mass is 16.6. The Morgan fingerprint density at radius 3 is 2.56 bits per heavy atom. The Morgan fingerprint density at radius 1 is 0.974 bits per heavy atom. The quantitative estimate of drug-likeness (QED) is 0.184. The first kappa shape index (κ1) is 29.0. The van der Waals surface area contributed by atoms with E-state index in [1.807, 2.05) is 12.3 Å². The number of nitrogens with one attached hydrogen (secondary N) is 1. The van der Waals surface area contributed by atoms with Crippen LogP contribution in [-0.4, -0.2) is 90.5 Å². The molecule has 1 fully saturated rings. The SMILES string of the molecule is CCCCCNc1nc(N)nc2ccn(Cc3ccc(CN4CCN(CCOCCON)CC4)cc3OC)c12. The largest absolute Gasteiger partial charge is 0.496 e. The molecule has 1 aliphatic rings. The maximum Gasteiger partial charge on any atom is 0.222 e. The Balaban J connectivity index is 1.36. The number of nitrogens with zero attached hydrogens (tertiary/aromatic N) is 5. The van der Waals surface area contributed by atoms with E-state index in [1.165, 1.54) is 18.4 Å². The van der Waals surface area contributed by atoms with Crippen LogP contribution in [0.2, 0.25) is 0 Å². The van der Waals surface area contributed by atoms with Gasteiger partial charge in [-0.05, 0) is 24.1 Å². The van der Waals surface area contributed by atoms with Crippen LogP contribution < -0.4 is 21.7 Å². The van der Waals surface area contributed by atoms with Gasteiger partial charge in [-0.1, -0.05) is 31.9 Å². The molecule has 0 bridgehead atoms. The van der Waals surface area contributed by atoms with Crippen molar-refractivity contribution in [1.29, 1.82) is 0 Å². The summed E-state index contributed by atoms with van der Waals surface area (Å²) in [4.78, 5) is 18.4. The number of benzene rings is 1. The first-order valence-corrected chi connectivity index (χ1v) is 14.0. The van der Waals surface area contributed by atoms with Crippen molar-refractivity contribution in [3.05, 3.63) is 41.6 Å². The highest BCUT2D eigenvalue weighted by molar-refractivity contribution is 5.87. The van der Waals surface area contributed by atoms with Crippen molar-refractivity contribution in [3.8, 4) is 5.75 Å². The topological polar surface area (TPSA) is 129 Å². The van der Waals surface area contributed by atoms with Crippen molar-refractivity contribution in [2.24, 2.45) is 5.90 Å². The van der Waals surface area contributed by atoms with Gasteiger partial charge in [-0.2, -0.15) is 4.98 Å². The molecule has 0 unspecified atom stereocenters. The molecule has 4 rings (SSSR count). The third-order valence-electron chi connectivity index (χ3n) is 7.16. The molecule has 0 atom stereocenters. The number of methoxy groups -OCH3 is 1. The molecule has 0 spiro atoms. The molecular weight excluding hydrogens is 496 g/mol. The van der Waals surface area contributed by atoms with E-state index in [4.69, 9.17) is 21.1 Å². The zero-order chi connectivity index (χ0) is 27.5. The van der Waals surface area contributed by atoms with Gasteiger partial charge in [0.15, 0.2) is 5.82 Å². The molecule has 39 heavy (non-hydrogen) atoms. The summed E-state index contributed by atoms with van der Waals surface area (Å²) in [6, 6.07) is 8.54. The van der Waals surface area contributed by atoms with Crippen molar-refractivity contribution in [2.75, 3.05) is 77.2 Å². The van der Waals surface area contributed by atoms with E-state index in [-0.39, 0.29) is 5.95 Å². The summed E-state index contributed by atoms with van der Waals surface area (Å²) in [5, 5.41) is 3.47. The van der Waals surface area contributed by atoms with Crippen LogP contribution in [-0.2, 0) is 22.7 Å². The minimum Gasteiger partial charge on any atom is -0.496 e. The van der Waals surface area contributed by atoms with Crippen molar-refractivity contribution >= 4 is 22.8 Å². The Hall–Kier alpha value is -2.96. The van der Waals surface area contributed by atoms with Gasteiger partial charge < -0.3 is 29.9 Å². The lowest BCUT2D eigenvalue weighted by Crippen LogP contribution is -2.46. The van der Waals surface area contributed by atoms with Gasteiger partial charge in [0, 0.05) is 57.6 Å². The van der Waals surface area contributed by atoms with Gasteiger partial charge in [0.1, 0.15) is 11.3 Å². The van der Waals surface area contributed by atoms with Crippen molar-refractivity contribution < 1.29 is 14.3 Å². The molecule has 0 radical (unpaired) electrons. The number of aromatic nitrogens is 3. The molecule has 214 valence electrons. The summed E-state index contributed by atoms with van der Waals surface area (Å²) in [5.41, 5.74) is 10.1. The van der Waals surface area contributed by atoms with Crippen LogP contribution in [0.3, 0.4) is 0 Å². The van der Waals surface area contributed by atoms with E-state index in [0.29, 0.717) is 26.4 Å². The Morgan fingerprint density at radius 2 is 1.79 bits per heavy atom. The van der Waals surface area contributed by atoms with Gasteiger partial charge in [-0.25, -0.2) is 10.9 Å². The molecule has 11 heteroatoms. The van der Waals surface area contributed by atoms with E-state index in [0.717, 1.165) is 80.4 Å². The molecule has 3 heterocycles. The molecule has 0 aliphatic carbocycles. The van der Waals surface area contributed by atoms with Gasteiger partial charge in [0.2, 0.25) is 5.95 Å². The second-order valence-electron chi connectivity index (χ2n) is 9.99. The lowest BCUT2D eigenvalue weighted by atomic mass is 10.1. The van der Waals surface area contributed by atoms with Crippen molar-refractivity contribution in [3.63, 3.8) is 0 Å². The number of hydrogen-bond donors (Lipinski definition) is 3. The van der Waals surface area contributed by atoms with Gasteiger partial charge in [-0.15, -0.1) is 0 Å². The zero-order valence-corrected chi connectivity index (χ0v) is 23.4. The minimum absolute atomic E-state index is 0.284. The summed E-state index contributed by atoms with van der Waals surface area (Å²) >= 11 is 0. The third kappa shape index (κ3) is 8.26. The van der Waals surface area contributed by atoms with Crippen LogP contribution in [0.4, 0.5) is 11.8 Å². The molecular formula is C28H44N8O3. The third-order valence-corrected chi connectivity index (χ3v) is 7.16. The number of nitrogens with two attached hydrogens (primary N) is 2. The average molecular weight is 541 g/mol. The number of nitrogen functional groups attached to an aromatic ring is 1. The van der Waals surface area contributed by atoms with Gasteiger partial charge in [-0.3, -0.25) is 9.80 Å². The van der Waals surface area contributed by atoms with E-state index >= 15 is 0 Å². The van der Waals surface area contributed by atoms with Crippen molar-refractivity contribution in [1.82, 2.24) is 24.3 Å². The highest BCUT2D eigenvalue weighted by Crippen LogP contribution is 2.27. The molecule has 5 N–H and O–H groups in total. The van der Waals surface area contributed by atoms with Crippen LogP contribution in [0, 0.1) is 0 Å². The molecule has 0 amide bonds. The maximum atomic E-state index is 5.99. The molecule has 0 saturated carbocycles. The minimum atomic E-state index is 0.284. The fraction of sp³-hybridized carbons (Fsp3) is 0.571. The Labute approximate surface area is 231 Å². The number of rotatable bonds is 16. The Bertz CT molecular complexity index is 1160. The fourth-order valence-electron chi connectivity index (χ4n) is 4.99. The number of fused-ring (bicyclic) bond motifs is 1. The number of hydrogen-bond acceptors (Lipinski definition) is 10. The summed E-state index contributed by atoms with van der Waals surface area (Å²) < 4.78 is 13.5. The van der Waals surface area contributed by atoms with Crippen LogP contribution >= 0.6 is 0 Å². The Kier molecular flexibility index (Phi) is 11.2. The molecule has 2 aromatic heterocycles. The van der Waals surface area contributed by atoms with Gasteiger partial charge in [0.25, 0.3) is 0 Å². The smallest absolute Gasteiger partial charge is 0.222 e. The second-order valence-corrected chi connectivity index (χ2v) is 9.99. The number of ether oxygens (including phenoxy) is 2. The number of piperazine rings is 1. The van der Waals surface area contributed by atoms with E-state index < -0.39 is 0 Å². The lowest BCUT2D eigenvalue weighted by Gasteiger charge is -2.34. The van der Waals surface area contributed by atoms with E-state index in [9.17, 15) is 0 Å². The lowest BCUT2D eigenvalue weighted by molar-refractivity contribution is 0.0310. The highest BCUT2D eigenvalue weighted by Gasteiger charge is 2.18. The molecule has 3 aromatic rings. The number of anilines is 2. The molecule has 1 aromatic carbocycles. The van der Waals surface area contributed by atoms with Crippen LogP contribution in [0.1, 0.15) is 37.3 Å². The first-order chi connectivity index (χ1) is 19.1. The zero-order valence-electron chi connectivity index (χ0n) is 23.4. The standard InChI is InChI=1S/C28H44N8O3/c1-3-4-5-9-31-27-26-24(32-28(29)33-27)8-10-36(26)21-23-7-6-22(19-25(23)37-2)20-35-13-11-34(12-14-35)15-16-38-17-18-39-30/h6-8,10,19H,3-5,9,11-18,20-21,30H2,1-2H3,(H3,29,31,32,33). The normalized spacial score (nSPS) is 14.7. The average Bonchev–Trinajstić information content (AvgIpc) is 3.35. The van der Waals surface area contributed by atoms with Crippen molar-refractivity contribution in [2.45, 2.75) is 39.3 Å². The van der Waals surface area contributed by atoms with E-state index in [1.54, 1.807) is 7.11 Å². The van der Waals surface area contributed by atoms with E-state index in [2.05, 4.69) is 59.6 Å². The second kappa shape index (κ2) is 15.0. The molecule has 11 nitrogen and oxygen atoms in total. The number of unbranched alkanes of at least 4 members (excludes halogenated alkanes) is 2. The predicted octanol–water partition coefficient (Wildman–Crippen LogP) is 2.70. The van der Waals surface area contributed by atoms with Crippen LogP contribution in [0.5, 0.6) is 5.75 Å². The summed E-state index contributed by atoms with van der Waals surface area (Å²) in [5.74, 6) is 6.98. The molecule has 1 saturated heterocycles. The van der Waals surface area contributed by atoms with Gasteiger partial charge in [0.05, 0.1) is 39.0 Å². The summed E-state index contributed by atoms with van der Waals surface area (Å²) in [6.07, 6.45) is 5.48. The monoisotopic (exact) mass is 540 g/mol. The maximum absolute atomic E-state index is 5.99. The fourth-order valence-corrected chi connectivity index (χ4v) is 4.99.